The normalized spacial score (nSPS) is 11.0. The van der Waals surface area contributed by atoms with Crippen LogP contribution < -0.4 is 0 Å². The summed E-state index contributed by atoms with van der Waals surface area (Å²) in [7, 11) is 0. The maximum absolute atomic E-state index is 9.57. The second kappa shape index (κ2) is 4.98. The van der Waals surface area contributed by atoms with E-state index >= 15 is 0 Å². The standard InChI is InChI=1S/C17H11NOS2/c19-13-6-3-5-12(8-13)17-18-14(10-20-17)16-9-11-4-1-2-7-15(11)21-16/h1-10,19H. The fourth-order valence-electron chi connectivity index (χ4n) is 2.27. The van der Waals surface area contributed by atoms with Crippen LogP contribution in [-0.4, -0.2) is 10.1 Å². The van der Waals surface area contributed by atoms with Gasteiger partial charge in [-0.2, -0.15) is 0 Å². The third-order valence-corrected chi connectivity index (χ3v) is 5.31. The summed E-state index contributed by atoms with van der Waals surface area (Å²) in [5, 5.41) is 13.8. The number of hydrogen-bond donors (Lipinski definition) is 1. The predicted octanol–water partition coefficient (Wildman–Crippen LogP) is 5.40. The van der Waals surface area contributed by atoms with E-state index in [9.17, 15) is 5.11 Å². The largest absolute Gasteiger partial charge is 0.508 e. The van der Waals surface area contributed by atoms with Gasteiger partial charge in [-0.15, -0.1) is 22.7 Å². The van der Waals surface area contributed by atoms with Gasteiger partial charge in [0.15, 0.2) is 0 Å². The Bertz CT molecular complexity index is 890. The van der Waals surface area contributed by atoms with Crippen molar-refractivity contribution in [2.24, 2.45) is 0 Å². The topological polar surface area (TPSA) is 33.1 Å². The minimum absolute atomic E-state index is 0.270. The molecule has 0 bridgehead atoms. The van der Waals surface area contributed by atoms with Crippen LogP contribution in [-0.2, 0) is 0 Å². The zero-order chi connectivity index (χ0) is 14.2. The number of thiophene rings is 1. The van der Waals surface area contributed by atoms with Crippen LogP contribution in [0.4, 0.5) is 0 Å². The third kappa shape index (κ3) is 2.33. The molecule has 2 aromatic carbocycles. The number of benzene rings is 2. The fourth-order valence-corrected chi connectivity index (χ4v) is 4.18. The number of aromatic hydroxyl groups is 1. The van der Waals surface area contributed by atoms with Crippen LogP contribution >= 0.6 is 22.7 Å². The molecule has 2 nitrogen and oxygen atoms in total. The summed E-state index contributed by atoms with van der Waals surface area (Å²) in [5.41, 5.74) is 1.95. The molecule has 4 rings (SSSR count). The van der Waals surface area contributed by atoms with Gasteiger partial charge in [-0.1, -0.05) is 30.3 Å². The summed E-state index contributed by atoms with van der Waals surface area (Å²) < 4.78 is 1.28. The van der Waals surface area contributed by atoms with Gasteiger partial charge in [0.25, 0.3) is 0 Å². The lowest BCUT2D eigenvalue weighted by Crippen LogP contribution is -1.76. The van der Waals surface area contributed by atoms with Gasteiger partial charge in [0.1, 0.15) is 10.8 Å². The van der Waals surface area contributed by atoms with Crippen molar-refractivity contribution < 1.29 is 5.11 Å². The maximum Gasteiger partial charge on any atom is 0.124 e. The Morgan fingerprint density at radius 3 is 2.71 bits per heavy atom. The number of fused-ring (bicyclic) bond motifs is 1. The highest BCUT2D eigenvalue weighted by molar-refractivity contribution is 7.22. The zero-order valence-electron chi connectivity index (χ0n) is 11.0. The molecule has 2 aromatic heterocycles. The molecule has 0 unspecified atom stereocenters. The number of hydrogen-bond acceptors (Lipinski definition) is 4. The molecular formula is C17H11NOS2. The predicted molar refractivity (Wildman–Crippen MR) is 90.0 cm³/mol. The van der Waals surface area contributed by atoms with E-state index in [1.54, 1.807) is 34.8 Å². The molecule has 1 N–H and O–H groups in total. The molecule has 102 valence electrons. The van der Waals surface area contributed by atoms with Crippen molar-refractivity contribution in [2.45, 2.75) is 0 Å². The van der Waals surface area contributed by atoms with Gasteiger partial charge in [0.05, 0.1) is 10.6 Å². The molecule has 0 saturated carbocycles. The summed E-state index contributed by atoms with van der Waals surface area (Å²) in [4.78, 5) is 5.88. The first-order chi connectivity index (χ1) is 10.3. The maximum atomic E-state index is 9.57. The van der Waals surface area contributed by atoms with Gasteiger partial charge < -0.3 is 5.11 Å². The van der Waals surface area contributed by atoms with Crippen LogP contribution in [0.25, 0.3) is 31.2 Å². The van der Waals surface area contributed by atoms with E-state index in [1.807, 2.05) is 12.1 Å². The SMILES string of the molecule is Oc1cccc(-c2nc(-c3cc4ccccc4s3)cs2)c1. The highest BCUT2D eigenvalue weighted by atomic mass is 32.1. The molecule has 0 aliphatic carbocycles. The average Bonchev–Trinajstić information content (AvgIpc) is 3.14. The Kier molecular flexibility index (Phi) is 2.98. The molecule has 2 heterocycles. The van der Waals surface area contributed by atoms with Gasteiger partial charge >= 0.3 is 0 Å². The van der Waals surface area contributed by atoms with Crippen molar-refractivity contribution in [3.05, 3.63) is 60.0 Å². The summed E-state index contributed by atoms with van der Waals surface area (Å²) in [6, 6.07) is 17.8. The molecule has 4 aromatic rings. The Hall–Kier alpha value is -2.17. The first kappa shape index (κ1) is 12.6. The van der Waals surface area contributed by atoms with Crippen molar-refractivity contribution in [1.82, 2.24) is 4.98 Å². The van der Waals surface area contributed by atoms with Crippen molar-refractivity contribution >= 4 is 32.8 Å². The molecule has 0 amide bonds. The Morgan fingerprint density at radius 1 is 0.952 bits per heavy atom. The van der Waals surface area contributed by atoms with E-state index in [2.05, 4.69) is 35.7 Å². The van der Waals surface area contributed by atoms with Crippen LogP contribution in [0.2, 0.25) is 0 Å². The highest BCUT2D eigenvalue weighted by Crippen LogP contribution is 2.36. The summed E-state index contributed by atoms with van der Waals surface area (Å²) in [6.07, 6.45) is 0. The second-order valence-corrected chi connectivity index (χ2v) is 6.68. The lowest BCUT2D eigenvalue weighted by molar-refractivity contribution is 0.475. The van der Waals surface area contributed by atoms with Crippen molar-refractivity contribution in [2.75, 3.05) is 0 Å². The van der Waals surface area contributed by atoms with Crippen molar-refractivity contribution in [3.8, 4) is 26.9 Å². The molecule has 0 aliphatic rings. The molecule has 0 radical (unpaired) electrons. The van der Waals surface area contributed by atoms with Crippen LogP contribution in [0, 0.1) is 0 Å². The molecule has 0 fully saturated rings. The van der Waals surface area contributed by atoms with E-state index in [0.717, 1.165) is 16.3 Å². The third-order valence-electron chi connectivity index (χ3n) is 3.28. The lowest BCUT2D eigenvalue weighted by atomic mass is 10.2. The van der Waals surface area contributed by atoms with Gasteiger partial charge in [-0.05, 0) is 29.7 Å². The van der Waals surface area contributed by atoms with E-state index < -0.39 is 0 Å². The number of aromatic nitrogens is 1. The molecule has 0 atom stereocenters. The van der Waals surface area contributed by atoms with E-state index in [-0.39, 0.29) is 5.75 Å². The van der Waals surface area contributed by atoms with Gasteiger partial charge in [0.2, 0.25) is 0 Å². The summed E-state index contributed by atoms with van der Waals surface area (Å²) in [6.45, 7) is 0. The number of thiazole rings is 1. The molecule has 0 aliphatic heterocycles. The first-order valence-corrected chi connectivity index (χ1v) is 8.23. The van der Waals surface area contributed by atoms with Crippen LogP contribution in [0.5, 0.6) is 5.75 Å². The monoisotopic (exact) mass is 309 g/mol. The Labute approximate surface area is 130 Å². The lowest BCUT2D eigenvalue weighted by Gasteiger charge is -1.96. The molecule has 0 spiro atoms. The number of rotatable bonds is 2. The number of nitrogens with zero attached hydrogens (tertiary/aromatic N) is 1. The highest BCUT2D eigenvalue weighted by Gasteiger charge is 2.10. The number of phenolic OH excluding ortho intramolecular Hbond substituents is 1. The van der Waals surface area contributed by atoms with Gasteiger partial charge in [-0.3, -0.25) is 0 Å². The Balaban J connectivity index is 1.77. The molecular weight excluding hydrogens is 298 g/mol. The van der Waals surface area contributed by atoms with Gasteiger partial charge in [0, 0.05) is 15.6 Å². The van der Waals surface area contributed by atoms with Gasteiger partial charge in [-0.25, -0.2) is 4.98 Å². The fraction of sp³-hybridized carbons (Fsp3) is 0. The average molecular weight is 309 g/mol. The molecule has 0 saturated heterocycles. The minimum Gasteiger partial charge on any atom is -0.508 e. The van der Waals surface area contributed by atoms with Crippen LogP contribution in [0.1, 0.15) is 0 Å². The van der Waals surface area contributed by atoms with E-state index in [1.165, 1.54) is 15.0 Å². The second-order valence-electron chi connectivity index (χ2n) is 4.74. The minimum atomic E-state index is 0.270. The van der Waals surface area contributed by atoms with E-state index in [0.29, 0.717) is 0 Å². The van der Waals surface area contributed by atoms with Crippen LogP contribution in [0.3, 0.4) is 0 Å². The number of phenols is 1. The summed E-state index contributed by atoms with van der Waals surface area (Å²) in [5.74, 6) is 0.270. The zero-order valence-corrected chi connectivity index (χ0v) is 12.6. The van der Waals surface area contributed by atoms with Crippen LogP contribution in [0.15, 0.2) is 60.0 Å². The summed E-state index contributed by atoms with van der Waals surface area (Å²) >= 11 is 3.36. The van der Waals surface area contributed by atoms with E-state index in [4.69, 9.17) is 4.98 Å². The Morgan fingerprint density at radius 2 is 1.86 bits per heavy atom. The molecule has 21 heavy (non-hydrogen) atoms. The van der Waals surface area contributed by atoms with Crippen molar-refractivity contribution in [1.29, 1.82) is 0 Å². The quantitative estimate of drug-likeness (QED) is 0.538. The first-order valence-electron chi connectivity index (χ1n) is 6.53. The molecule has 4 heteroatoms. The smallest absolute Gasteiger partial charge is 0.124 e. The van der Waals surface area contributed by atoms with Crippen molar-refractivity contribution in [3.63, 3.8) is 0 Å².